The molecule has 2 saturated heterocycles. The van der Waals surface area contributed by atoms with Crippen LogP contribution in [-0.2, 0) is 4.79 Å². The monoisotopic (exact) mass is 360 g/mol. The van der Waals surface area contributed by atoms with Gasteiger partial charge in [-0.05, 0) is 43.5 Å². The molecule has 3 rings (SSSR count). The van der Waals surface area contributed by atoms with Gasteiger partial charge in [0.2, 0.25) is 0 Å². The van der Waals surface area contributed by atoms with E-state index in [9.17, 15) is 14.0 Å². The first-order chi connectivity index (χ1) is 12.3. The number of hydrogen-bond acceptors (Lipinski definition) is 4. The zero-order chi connectivity index (χ0) is 18.9. The first kappa shape index (κ1) is 18.2. The summed E-state index contributed by atoms with van der Waals surface area (Å²) in [6.45, 7) is 11.3. The Kier molecular flexibility index (Phi) is 4.89. The highest BCUT2D eigenvalue weighted by Gasteiger charge is 2.43. The fourth-order valence-electron chi connectivity index (χ4n) is 3.67. The lowest BCUT2D eigenvalue weighted by molar-refractivity contribution is -0.123. The molecule has 6 nitrogen and oxygen atoms in total. The molecule has 2 aliphatic rings. The Morgan fingerprint density at radius 3 is 2.38 bits per heavy atom. The molecule has 0 spiro atoms. The third-order valence-corrected chi connectivity index (χ3v) is 5.28. The maximum atomic E-state index is 13.1. The van der Waals surface area contributed by atoms with Gasteiger partial charge in [0.05, 0.1) is 0 Å². The maximum Gasteiger partial charge on any atom is 0.322 e. The number of carbonyl (C=O) groups excluding carboxylic acids is 2. The smallest absolute Gasteiger partial charge is 0.322 e. The molecular weight excluding hydrogens is 335 g/mol. The molecule has 140 valence electrons. The van der Waals surface area contributed by atoms with Gasteiger partial charge in [0.1, 0.15) is 11.4 Å². The summed E-state index contributed by atoms with van der Waals surface area (Å²) in [4.78, 5) is 27.8. The third-order valence-electron chi connectivity index (χ3n) is 5.28. The van der Waals surface area contributed by atoms with Gasteiger partial charge in [0, 0.05) is 37.6 Å². The maximum absolute atomic E-state index is 13.1. The van der Waals surface area contributed by atoms with Crippen molar-refractivity contribution < 1.29 is 14.0 Å². The van der Waals surface area contributed by atoms with Crippen molar-refractivity contribution in [1.29, 1.82) is 0 Å². The highest BCUT2D eigenvalue weighted by Crippen LogP contribution is 2.27. The Balaban J connectivity index is 1.55. The summed E-state index contributed by atoms with van der Waals surface area (Å²) < 4.78 is 13.1. The number of imide groups is 1. The molecular formula is C19H25FN4O2. The van der Waals surface area contributed by atoms with Gasteiger partial charge in [0.15, 0.2) is 0 Å². The van der Waals surface area contributed by atoms with Crippen molar-refractivity contribution in [3.8, 4) is 0 Å². The predicted octanol–water partition coefficient (Wildman–Crippen LogP) is 2.09. The first-order valence-corrected chi connectivity index (χ1v) is 8.86. The van der Waals surface area contributed by atoms with Gasteiger partial charge in [-0.3, -0.25) is 10.1 Å². The second-order valence-electron chi connectivity index (χ2n) is 7.29. The minimum Gasteiger partial charge on any atom is -0.372 e. The first-order valence-electron chi connectivity index (χ1n) is 8.86. The molecule has 26 heavy (non-hydrogen) atoms. The molecule has 0 aliphatic carbocycles. The molecule has 0 radical (unpaired) electrons. The van der Waals surface area contributed by atoms with Crippen LogP contribution in [0.25, 0.3) is 0 Å². The zero-order valence-electron chi connectivity index (χ0n) is 15.2. The van der Waals surface area contributed by atoms with Crippen LogP contribution in [0.2, 0.25) is 0 Å². The lowest BCUT2D eigenvalue weighted by Gasteiger charge is -2.40. The van der Waals surface area contributed by atoms with Crippen molar-refractivity contribution >= 4 is 17.6 Å². The van der Waals surface area contributed by atoms with E-state index in [-0.39, 0.29) is 17.6 Å². The van der Waals surface area contributed by atoms with E-state index >= 15 is 0 Å². The van der Waals surface area contributed by atoms with Gasteiger partial charge in [-0.2, -0.15) is 0 Å². The van der Waals surface area contributed by atoms with E-state index in [1.54, 1.807) is 19.1 Å². The number of nitrogens with one attached hydrogen (secondary N) is 2. The van der Waals surface area contributed by atoms with E-state index in [1.165, 1.54) is 12.1 Å². The fraction of sp³-hybridized carbons (Fsp3) is 0.474. The number of benzene rings is 1. The largest absolute Gasteiger partial charge is 0.372 e. The normalized spacial score (nSPS) is 24.3. The Labute approximate surface area is 153 Å². The lowest BCUT2D eigenvalue weighted by atomic mass is 9.88. The lowest BCUT2D eigenvalue weighted by Crippen LogP contribution is -2.48. The van der Waals surface area contributed by atoms with Crippen molar-refractivity contribution in [3.05, 3.63) is 42.4 Å². The molecule has 0 aromatic heterocycles. The summed E-state index contributed by atoms with van der Waals surface area (Å²) in [6, 6.07) is 6.10. The number of anilines is 1. The van der Waals surface area contributed by atoms with E-state index in [0.29, 0.717) is 6.42 Å². The predicted molar refractivity (Wildman–Crippen MR) is 98.2 cm³/mol. The van der Waals surface area contributed by atoms with Gasteiger partial charge in [-0.15, -0.1) is 0 Å². The van der Waals surface area contributed by atoms with Crippen LogP contribution in [0, 0.1) is 11.7 Å². The van der Waals surface area contributed by atoms with E-state index < -0.39 is 11.6 Å². The van der Waals surface area contributed by atoms with E-state index in [0.717, 1.165) is 37.6 Å². The SMILES string of the molecule is C=C(C(C)CC1(C)NC(=O)NC1=O)N1CCN(c2ccc(F)cc2)CC1. The number of allylic oxidation sites excluding steroid dienone is 1. The highest BCUT2D eigenvalue weighted by molar-refractivity contribution is 6.06. The van der Waals surface area contributed by atoms with E-state index in [1.807, 2.05) is 6.92 Å². The topological polar surface area (TPSA) is 64.7 Å². The van der Waals surface area contributed by atoms with Crippen LogP contribution < -0.4 is 15.5 Å². The molecule has 2 N–H and O–H groups in total. The molecule has 2 unspecified atom stereocenters. The summed E-state index contributed by atoms with van der Waals surface area (Å²) in [5.74, 6) is -0.462. The zero-order valence-corrected chi connectivity index (χ0v) is 15.2. The molecule has 0 saturated carbocycles. The standard InChI is InChI=1S/C19H25FN4O2/c1-13(12-19(3)17(25)21-18(26)22-19)14(2)23-8-10-24(11-9-23)16-6-4-15(20)5-7-16/h4-7,13H,2,8-12H2,1,3H3,(H2,21,22,25,26). The van der Waals surface area contributed by atoms with E-state index in [4.69, 9.17) is 0 Å². The van der Waals surface area contributed by atoms with Crippen molar-refractivity contribution in [2.75, 3.05) is 31.1 Å². The Morgan fingerprint density at radius 1 is 1.23 bits per heavy atom. The number of rotatable bonds is 5. The molecule has 7 heteroatoms. The minimum atomic E-state index is -0.893. The van der Waals surface area contributed by atoms with Crippen LogP contribution in [-0.4, -0.2) is 48.6 Å². The summed E-state index contributed by atoms with van der Waals surface area (Å²) in [5, 5.41) is 5.00. The molecule has 0 bridgehead atoms. The van der Waals surface area contributed by atoms with Crippen LogP contribution in [0.15, 0.2) is 36.5 Å². The third kappa shape index (κ3) is 3.66. The number of urea groups is 1. The highest BCUT2D eigenvalue weighted by atomic mass is 19.1. The van der Waals surface area contributed by atoms with Crippen LogP contribution in [0.4, 0.5) is 14.9 Å². The quantitative estimate of drug-likeness (QED) is 0.789. The van der Waals surface area contributed by atoms with Crippen molar-refractivity contribution in [2.45, 2.75) is 25.8 Å². The van der Waals surface area contributed by atoms with Crippen LogP contribution in [0.1, 0.15) is 20.3 Å². The average molecular weight is 360 g/mol. The molecule has 1 aromatic rings. The minimum absolute atomic E-state index is 0.0570. The molecule has 1 aromatic carbocycles. The van der Waals surface area contributed by atoms with Crippen LogP contribution in [0.3, 0.4) is 0 Å². The van der Waals surface area contributed by atoms with Gasteiger partial charge >= 0.3 is 6.03 Å². The number of nitrogens with zero attached hydrogens (tertiary/aromatic N) is 2. The Bertz CT molecular complexity index is 713. The second-order valence-corrected chi connectivity index (χ2v) is 7.29. The number of halogens is 1. The Hall–Kier alpha value is -2.57. The van der Waals surface area contributed by atoms with Gasteiger partial charge in [-0.1, -0.05) is 13.5 Å². The molecule has 2 aliphatic heterocycles. The van der Waals surface area contributed by atoms with Gasteiger partial charge in [0.25, 0.3) is 5.91 Å². The summed E-state index contributed by atoms with van der Waals surface area (Å²) in [7, 11) is 0. The van der Waals surface area contributed by atoms with Crippen molar-refractivity contribution in [3.63, 3.8) is 0 Å². The summed E-state index contributed by atoms with van der Waals surface area (Å²) in [6.07, 6.45) is 0.502. The number of hydrogen-bond donors (Lipinski definition) is 2. The summed E-state index contributed by atoms with van der Waals surface area (Å²) >= 11 is 0. The van der Waals surface area contributed by atoms with Crippen molar-refractivity contribution in [1.82, 2.24) is 15.5 Å². The molecule has 3 amide bonds. The molecule has 2 atom stereocenters. The van der Waals surface area contributed by atoms with Crippen molar-refractivity contribution in [2.24, 2.45) is 5.92 Å². The fourth-order valence-corrected chi connectivity index (χ4v) is 3.67. The van der Waals surface area contributed by atoms with Gasteiger partial charge < -0.3 is 15.1 Å². The summed E-state index contributed by atoms with van der Waals surface area (Å²) in [5.41, 5.74) is 1.09. The van der Waals surface area contributed by atoms with Crippen LogP contribution >= 0.6 is 0 Å². The number of amides is 3. The average Bonchev–Trinajstić information content (AvgIpc) is 2.86. The second kappa shape index (κ2) is 6.97. The molecule has 2 heterocycles. The Morgan fingerprint density at radius 2 is 1.85 bits per heavy atom. The number of piperazine rings is 1. The molecule has 2 fully saturated rings. The van der Waals surface area contributed by atoms with Gasteiger partial charge in [-0.25, -0.2) is 9.18 Å². The van der Waals surface area contributed by atoms with Crippen LogP contribution in [0.5, 0.6) is 0 Å². The number of carbonyl (C=O) groups is 2. The van der Waals surface area contributed by atoms with E-state index in [2.05, 4.69) is 27.0 Å².